The molecule has 0 radical (unpaired) electrons. The van der Waals surface area contributed by atoms with Crippen LogP contribution in [-0.2, 0) is 4.79 Å². The van der Waals surface area contributed by atoms with Crippen LogP contribution in [0.3, 0.4) is 0 Å². The number of ketones is 1. The van der Waals surface area contributed by atoms with Crippen molar-refractivity contribution in [3.8, 4) is 17.3 Å². The summed E-state index contributed by atoms with van der Waals surface area (Å²) in [5.74, 6) is 1.67. The molecule has 37 heavy (non-hydrogen) atoms. The number of amides is 2. The molecule has 1 aromatic heterocycles. The van der Waals surface area contributed by atoms with E-state index in [1.807, 2.05) is 18.6 Å². The lowest BCUT2D eigenvalue weighted by atomic mass is 9.48. The first-order chi connectivity index (χ1) is 18.0. The molecule has 2 aromatic carbocycles. The van der Waals surface area contributed by atoms with E-state index in [0.29, 0.717) is 41.2 Å². The molecule has 4 saturated carbocycles. The quantitative estimate of drug-likeness (QED) is 0.506. The maximum Gasteiger partial charge on any atom is 0.319 e. The van der Waals surface area contributed by atoms with Gasteiger partial charge in [-0.05, 0) is 79.7 Å². The molecular weight excluding hydrogens is 462 g/mol. The summed E-state index contributed by atoms with van der Waals surface area (Å²) >= 11 is 0. The second-order valence-electron chi connectivity index (χ2n) is 11.5. The van der Waals surface area contributed by atoms with E-state index in [1.165, 1.54) is 11.1 Å². The summed E-state index contributed by atoms with van der Waals surface area (Å²) in [6, 6.07) is 17.2. The number of carbonyl (C=O) groups excluding carboxylic acids is 2. The molecule has 0 spiro atoms. The molecule has 7 nitrogen and oxygen atoms in total. The smallest absolute Gasteiger partial charge is 0.319 e. The zero-order valence-electron chi connectivity index (χ0n) is 20.6. The molecule has 1 aliphatic heterocycles. The van der Waals surface area contributed by atoms with Crippen molar-refractivity contribution >= 4 is 17.5 Å². The van der Waals surface area contributed by atoms with Gasteiger partial charge in [0.25, 0.3) is 0 Å². The van der Waals surface area contributed by atoms with Crippen LogP contribution < -0.4 is 10.6 Å². The lowest BCUT2D eigenvalue weighted by Gasteiger charge is -2.59. The number of Topliss-reactive ketones (excluding diaryl/α,β-unsaturated/α-hetero) is 1. The Morgan fingerprint density at radius 1 is 1.05 bits per heavy atom. The standard InChI is InChI=1S/C30H29N5O2/c31-15-18-5-7-22(8-6-18)33-29(37)34-30-12-19-9-20(13-30)28(21(10-19)14-30)27(36)11-25-23-3-1-2-4-24(23)26-16-32-17-35(25)26/h1-8,16-17,19-21,25,28H,9-14H2,(H2,33,34,37). The van der Waals surface area contributed by atoms with Crippen molar-refractivity contribution in [2.75, 3.05) is 5.32 Å². The third kappa shape index (κ3) is 3.66. The molecule has 8 rings (SSSR count). The number of hydrogen-bond donors (Lipinski definition) is 2. The van der Waals surface area contributed by atoms with E-state index in [1.54, 1.807) is 24.3 Å². The van der Waals surface area contributed by atoms with Gasteiger partial charge in [-0.2, -0.15) is 5.26 Å². The first-order valence-electron chi connectivity index (χ1n) is 13.2. The zero-order chi connectivity index (χ0) is 25.1. The van der Waals surface area contributed by atoms with Gasteiger partial charge in [-0.25, -0.2) is 9.78 Å². The van der Waals surface area contributed by atoms with Crippen LogP contribution in [0.1, 0.15) is 55.7 Å². The number of carbonyl (C=O) groups is 2. The highest BCUT2D eigenvalue weighted by Gasteiger charge is 2.57. The van der Waals surface area contributed by atoms with E-state index < -0.39 is 0 Å². The van der Waals surface area contributed by atoms with Crippen molar-refractivity contribution in [1.29, 1.82) is 5.26 Å². The third-order valence-electron chi connectivity index (χ3n) is 9.29. The van der Waals surface area contributed by atoms with Gasteiger partial charge in [0.1, 0.15) is 5.78 Å². The first-order valence-corrected chi connectivity index (χ1v) is 13.2. The van der Waals surface area contributed by atoms with Crippen LogP contribution in [-0.4, -0.2) is 26.9 Å². The summed E-state index contributed by atoms with van der Waals surface area (Å²) in [5.41, 5.74) is 4.49. The third-order valence-corrected chi connectivity index (χ3v) is 9.29. The minimum Gasteiger partial charge on any atom is -0.332 e. The number of fused-ring (bicyclic) bond motifs is 3. The lowest BCUT2D eigenvalue weighted by molar-refractivity contribution is -0.138. The Balaban J connectivity index is 1.06. The number of benzene rings is 2. The van der Waals surface area contributed by atoms with Crippen LogP contribution in [0.4, 0.5) is 10.5 Å². The Labute approximate surface area is 215 Å². The average Bonchev–Trinajstić information content (AvgIpc) is 3.46. The molecule has 2 amide bonds. The molecule has 3 aromatic rings. The minimum atomic E-state index is -0.235. The highest BCUT2D eigenvalue weighted by Crippen LogP contribution is 2.59. The molecule has 5 aliphatic rings. The van der Waals surface area contributed by atoms with Crippen molar-refractivity contribution < 1.29 is 9.59 Å². The predicted octanol–water partition coefficient (Wildman–Crippen LogP) is 5.30. The van der Waals surface area contributed by atoms with E-state index >= 15 is 0 Å². The molecule has 4 bridgehead atoms. The average molecular weight is 492 g/mol. The van der Waals surface area contributed by atoms with E-state index in [9.17, 15) is 9.59 Å². The van der Waals surface area contributed by atoms with Crippen LogP contribution in [0, 0.1) is 35.0 Å². The molecule has 0 saturated heterocycles. The topological polar surface area (TPSA) is 99.8 Å². The largest absolute Gasteiger partial charge is 0.332 e. The van der Waals surface area contributed by atoms with Gasteiger partial charge in [-0.1, -0.05) is 24.3 Å². The summed E-state index contributed by atoms with van der Waals surface area (Å²) in [5, 5.41) is 15.2. The number of aromatic nitrogens is 2. The van der Waals surface area contributed by atoms with Crippen LogP contribution in [0.25, 0.3) is 11.3 Å². The van der Waals surface area contributed by atoms with E-state index in [0.717, 1.165) is 37.8 Å². The van der Waals surface area contributed by atoms with Crippen molar-refractivity contribution in [2.45, 2.75) is 50.1 Å². The van der Waals surface area contributed by atoms with Crippen LogP contribution in [0.2, 0.25) is 0 Å². The first kappa shape index (κ1) is 22.3. The summed E-state index contributed by atoms with van der Waals surface area (Å²) in [4.78, 5) is 31.2. The number of nitrogens with one attached hydrogen (secondary N) is 2. The number of imidazole rings is 1. The zero-order valence-corrected chi connectivity index (χ0v) is 20.6. The Kier molecular flexibility index (Phi) is 5.00. The molecule has 2 N–H and O–H groups in total. The number of urea groups is 1. The maximum absolute atomic E-state index is 13.9. The molecule has 186 valence electrons. The molecule has 2 heterocycles. The van der Waals surface area contributed by atoms with Crippen molar-refractivity contribution in [3.05, 3.63) is 72.2 Å². The summed E-state index contributed by atoms with van der Waals surface area (Å²) in [6.07, 6.45) is 9.17. The maximum atomic E-state index is 13.9. The Morgan fingerprint density at radius 3 is 2.57 bits per heavy atom. The molecule has 3 atom stereocenters. The van der Waals surface area contributed by atoms with E-state index in [4.69, 9.17) is 5.26 Å². The van der Waals surface area contributed by atoms with Gasteiger partial charge >= 0.3 is 6.03 Å². The van der Waals surface area contributed by atoms with Gasteiger partial charge < -0.3 is 15.2 Å². The fourth-order valence-electron chi connectivity index (χ4n) is 8.20. The van der Waals surface area contributed by atoms with E-state index in [2.05, 4.69) is 44.5 Å². The molecule has 3 unspecified atom stereocenters. The highest BCUT2D eigenvalue weighted by atomic mass is 16.2. The molecular formula is C30H29N5O2. The van der Waals surface area contributed by atoms with Crippen molar-refractivity contribution in [2.24, 2.45) is 23.7 Å². The molecule has 4 aliphatic carbocycles. The van der Waals surface area contributed by atoms with E-state index in [-0.39, 0.29) is 23.5 Å². The second-order valence-corrected chi connectivity index (χ2v) is 11.5. The lowest BCUT2D eigenvalue weighted by Crippen LogP contribution is -2.63. The fraction of sp³-hybridized carbons (Fsp3) is 0.400. The summed E-state index contributed by atoms with van der Waals surface area (Å²) in [7, 11) is 0. The minimum absolute atomic E-state index is 0.0173. The summed E-state index contributed by atoms with van der Waals surface area (Å²) in [6.45, 7) is 0. The highest BCUT2D eigenvalue weighted by molar-refractivity contribution is 5.90. The SMILES string of the molecule is N#Cc1ccc(NC(=O)NC23CC4CC(C2)C(C(=O)CC2c5ccccc5-c5cncn52)C(C4)C3)cc1. The van der Waals surface area contributed by atoms with Gasteiger partial charge in [0.2, 0.25) is 0 Å². The predicted molar refractivity (Wildman–Crippen MR) is 139 cm³/mol. The number of hydrogen-bond acceptors (Lipinski definition) is 4. The van der Waals surface area contributed by atoms with Crippen LogP contribution >= 0.6 is 0 Å². The number of anilines is 1. The summed E-state index contributed by atoms with van der Waals surface area (Å²) < 4.78 is 2.16. The number of rotatable bonds is 5. The van der Waals surface area contributed by atoms with Gasteiger partial charge in [-0.15, -0.1) is 0 Å². The molecule has 4 fully saturated rings. The molecule has 7 heteroatoms. The second kappa shape index (κ2) is 8.31. The van der Waals surface area contributed by atoms with Gasteiger partial charge in [0.05, 0.1) is 35.9 Å². The fourth-order valence-corrected chi connectivity index (χ4v) is 8.20. The monoisotopic (exact) mass is 491 g/mol. The number of nitrogens with zero attached hydrogens (tertiary/aromatic N) is 3. The Hall–Kier alpha value is -3.92. The van der Waals surface area contributed by atoms with Gasteiger partial charge in [-0.3, -0.25) is 4.79 Å². The van der Waals surface area contributed by atoms with Gasteiger partial charge in [0.15, 0.2) is 0 Å². The number of nitriles is 1. The normalized spacial score (nSPS) is 30.3. The Bertz CT molecular complexity index is 1420. The van der Waals surface area contributed by atoms with Crippen molar-refractivity contribution in [1.82, 2.24) is 14.9 Å². The van der Waals surface area contributed by atoms with Crippen LogP contribution in [0.15, 0.2) is 61.1 Å². The van der Waals surface area contributed by atoms with Crippen LogP contribution in [0.5, 0.6) is 0 Å². The van der Waals surface area contributed by atoms with Gasteiger partial charge in [0, 0.05) is 29.1 Å². The Morgan fingerprint density at radius 2 is 1.81 bits per heavy atom. The van der Waals surface area contributed by atoms with Crippen molar-refractivity contribution in [3.63, 3.8) is 0 Å².